The SMILES string of the molecule is C=CCS(=O)(=O)OC(O)CC.[H-].[Na+]. The summed E-state index contributed by atoms with van der Waals surface area (Å²) in [6.07, 6.45) is 0.216. The van der Waals surface area contributed by atoms with Gasteiger partial charge in [-0.1, -0.05) is 13.0 Å². The smallest absolute Gasteiger partial charge is 1.00 e. The number of hydrogen-bond acceptors (Lipinski definition) is 4. The topological polar surface area (TPSA) is 63.6 Å². The summed E-state index contributed by atoms with van der Waals surface area (Å²) in [5.41, 5.74) is 0. The normalized spacial score (nSPS) is 13.2. The van der Waals surface area contributed by atoms with E-state index in [0.29, 0.717) is 0 Å². The van der Waals surface area contributed by atoms with Crippen LogP contribution in [0.25, 0.3) is 0 Å². The van der Waals surface area contributed by atoms with Crippen molar-refractivity contribution < 1.29 is 48.7 Å². The van der Waals surface area contributed by atoms with Crippen LogP contribution in [-0.2, 0) is 14.3 Å². The van der Waals surface area contributed by atoms with Gasteiger partial charge >= 0.3 is 29.6 Å². The summed E-state index contributed by atoms with van der Waals surface area (Å²) < 4.78 is 25.8. The van der Waals surface area contributed by atoms with Gasteiger partial charge in [0.1, 0.15) is 0 Å². The van der Waals surface area contributed by atoms with Gasteiger partial charge in [-0.05, 0) is 6.42 Å². The Morgan fingerprint density at radius 3 is 2.58 bits per heavy atom. The number of hydrogen-bond donors (Lipinski definition) is 1. The minimum atomic E-state index is -3.61. The van der Waals surface area contributed by atoms with Crippen molar-refractivity contribution in [3.63, 3.8) is 0 Å². The summed E-state index contributed by atoms with van der Waals surface area (Å²) in [6.45, 7) is 4.86. The average molecular weight is 204 g/mol. The largest absolute Gasteiger partial charge is 1.00 e. The van der Waals surface area contributed by atoms with Crippen LogP contribution in [0.5, 0.6) is 0 Å². The first-order chi connectivity index (χ1) is 5.02. The molecule has 0 saturated heterocycles. The molecule has 0 radical (unpaired) electrons. The van der Waals surface area contributed by atoms with Gasteiger partial charge in [-0.25, -0.2) is 4.18 Å². The van der Waals surface area contributed by atoms with Gasteiger partial charge in [0.15, 0.2) is 6.29 Å². The fourth-order valence-corrected chi connectivity index (χ4v) is 1.26. The molecule has 0 aromatic rings. The molecule has 1 atom stereocenters. The molecule has 4 nitrogen and oxygen atoms in total. The van der Waals surface area contributed by atoms with Crippen LogP contribution in [0, 0.1) is 0 Å². The minimum Gasteiger partial charge on any atom is -1.00 e. The van der Waals surface area contributed by atoms with Crippen LogP contribution in [0.3, 0.4) is 0 Å². The quantitative estimate of drug-likeness (QED) is 0.230. The fourth-order valence-electron chi connectivity index (χ4n) is 0.421. The van der Waals surface area contributed by atoms with Crippen LogP contribution in [0.1, 0.15) is 14.8 Å². The number of aliphatic hydroxyl groups is 1. The van der Waals surface area contributed by atoms with Crippen LogP contribution >= 0.6 is 0 Å². The Hall–Kier alpha value is 0.610. The van der Waals surface area contributed by atoms with E-state index < -0.39 is 16.4 Å². The fraction of sp³-hybridized carbons (Fsp3) is 0.667. The van der Waals surface area contributed by atoms with Gasteiger partial charge in [0.05, 0.1) is 5.75 Å². The Bertz CT molecular complexity index is 217. The molecule has 0 aromatic heterocycles. The van der Waals surface area contributed by atoms with Gasteiger partial charge in [0.25, 0.3) is 10.1 Å². The molecule has 0 aliphatic carbocycles. The molecule has 0 heterocycles. The molecule has 0 bridgehead atoms. The van der Waals surface area contributed by atoms with E-state index in [-0.39, 0.29) is 43.2 Å². The molecular weight excluding hydrogens is 191 g/mol. The standard InChI is InChI=1S/C6H12O4S.Na.H/c1-3-5-11(8,9)10-6(7)4-2;;/h3,6-7H,1,4-5H2,2H3;;/q;+1;-1. The summed E-state index contributed by atoms with van der Waals surface area (Å²) in [7, 11) is -3.61. The van der Waals surface area contributed by atoms with Gasteiger partial charge in [-0.15, -0.1) is 6.58 Å². The van der Waals surface area contributed by atoms with Crippen molar-refractivity contribution in [3.8, 4) is 0 Å². The summed E-state index contributed by atoms with van der Waals surface area (Å²) in [4.78, 5) is 0. The molecule has 0 aliphatic rings. The zero-order valence-electron chi connectivity index (χ0n) is 8.36. The zero-order valence-corrected chi connectivity index (χ0v) is 10.2. The van der Waals surface area contributed by atoms with E-state index in [1.807, 2.05) is 0 Å². The maximum absolute atomic E-state index is 10.7. The van der Waals surface area contributed by atoms with Crippen molar-refractivity contribution in [2.24, 2.45) is 0 Å². The maximum atomic E-state index is 10.7. The van der Waals surface area contributed by atoms with E-state index in [4.69, 9.17) is 5.11 Å². The van der Waals surface area contributed by atoms with Crippen LogP contribution in [0.4, 0.5) is 0 Å². The predicted molar refractivity (Wildman–Crippen MR) is 42.5 cm³/mol. The monoisotopic (exact) mass is 204 g/mol. The Balaban J connectivity index is -0.000000500. The summed E-state index contributed by atoms with van der Waals surface area (Å²) >= 11 is 0. The van der Waals surface area contributed by atoms with Crippen LogP contribution < -0.4 is 29.6 Å². The first-order valence-corrected chi connectivity index (χ1v) is 4.79. The predicted octanol–water partition coefficient (Wildman–Crippen LogP) is -2.64. The first kappa shape index (κ1) is 15.1. The Morgan fingerprint density at radius 2 is 2.25 bits per heavy atom. The third kappa shape index (κ3) is 7.27. The van der Waals surface area contributed by atoms with Crippen LogP contribution in [0.15, 0.2) is 12.7 Å². The van der Waals surface area contributed by atoms with E-state index in [2.05, 4.69) is 10.8 Å². The Labute approximate surface area is 96.5 Å². The zero-order chi connectivity index (χ0) is 8.91. The van der Waals surface area contributed by atoms with Crippen molar-refractivity contribution in [2.45, 2.75) is 19.6 Å². The second-order valence-electron chi connectivity index (χ2n) is 1.97. The first-order valence-electron chi connectivity index (χ1n) is 3.21. The summed E-state index contributed by atoms with van der Waals surface area (Å²) in [6, 6.07) is 0. The molecular formula is C6H13NaO4S. The van der Waals surface area contributed by atoms with Crippen molar-refractivity contribution in [1.82, 2.24) is 0 Å². The second-order valence-corrected chi connectivity index (χ2v) is 3.61. The van der Waals surface area contributed by atoms with Crippen molar-refractivity contribution in [2.75, 3.05) is 5.75 Å². The average Bonchev–Trinajstić information content (AvgIpc) is 1.86. The van der Waals surface area contributed by atoms with E-state index in [0.717, 1.165) is 0 Å². The third-order valence-electron chi connectivity index (χ3n) is 0.929. The van der Waals surface area contributed by atoms with Crippen molar-refractivity contribution in [1.29, 1.82) is 0 Å². The molecule has 0 amide bonds. The third-order valence-corrected chi connectivity index (χ3v) is 2.09. The van der Waals surface area contributed by atoms with Crippen molar-refractivity contribution >= 4 is 10.1 Å². The maximum Gasteiger partial charge on any atom is 1.00 e. The van der Waals surface area contributed by atoms with Gasteiger partial charge in [-0.2, -0.15) is 8.42 Å². The van der Waals surface area contributed by atoms with Crippen LogP contribution in [0.2, 0.25) is 0 Å². The van der Waals surface area contributed by atoms with E-state index in [1.165, 1.54) is 6.08 Å². The molecule has 0 rings (SSSR count). The van der Waals surface area contributed by atoms with E-state index >= 15 is 0 Å². The Morgan fingerprint density at radius 1 is 1.75 bits per heavy atom. The molecule has 68 valence electrons. The molecule has 0 spiro atoms. The number of rotatable bonds is 5. The molecule has 6 heteroatoms. The molecule has 0 aromatic carbocycles. The second kappa shape index (κ2) is 7.06. The number of aliphatic hydroxyl groups excluding tert-OH is 1. The van der Waals surface area contributed by atoms with E-state index in [1.54, 1.807) is 6.92 Å². The molecule has 1 N–H and O–H groups in total. The molecule has 0 fully saturated rings. The van der Waals surface area contributed by atoms with E-state index in [9.17, 15) is 8.42 Å². The molecule has 12 heavy (non-hydrogen) atoms. The molecule has 0 aliphatic heterocycles. The van der Waals surface area contributed by atoms with Gasteiger partial charge in [0.2, 0.25) is 0 Å². The summed E-state index contributed by atoms with van der Waals surface area (Å²) in [5, 5.41) is 8.78. The molecule has 1 unspecified atom stereocenters. The van der Waals surface area contributed by atoms with Gasteiger partial charge in [-0.3, -0.25) is 0 Å². The van der Waals surface area contributed by atoms with Gasteiger partial charge in [0, 0.05) is 0 Å². The Kier molecular flexibility index (Phi) is 8.88. The van der Waals surface area contributed by atoms with Crippen molar-refractivity contribution in [3.05, 3.63) is 12.7 Å². The van der Waals surface area contributed by atoms with Crippen LogP contribution in [-0.4, -0.2) is 25.6 Å². The minimum absolute atomic E-state index is 0. The molecule has 0 saturated carbocycles. The summed E-state index contributed by atoms with van der Waals surface area (Å²) in [5.74, 6) is -0.274. The van der Waals surface area contributed by atoms with Gasteiger partial charge < -0.3 is 6.53 Å².